The Morgan fingerprint density at radius 2 is 1.61 bits per heavy atom. The molecule has 0 aromatic carbocycles. The van der Waals surface area contributed by atoms with Crippen molar-refractivity contribution in [2.45, 2.75) is 64.1 Å². The Morgan fingerprint density at radius 1 is 1.04 bits per heavy atom. The molecule has 0 saturated carbocycles. The maximum atomic E-state index is 11.7. The molecule has 23 heavy (non-hydrogen) atoms. The summed E-state index contributed by atoms with van der Waals surface area (Å²) in [6.07, 6.45) is 3.66. The Labute approximate surface area is 139 Å². The van der Waals surface area contributed by atoms with Gasteiger partial charge in [0.25, 0.3) is 0 Å². The molecular weight excluding hydrogens is 296 g/mol. The number of hydrogen-bond donors (Lipinski definition) is 4. The van der Waals surface area contributed by atoms with Crippen LogP contribution in [0.4, 0.5) is 0 Å². The van der Waals surface area contributed by atoms with E-state index in [1.165, 1.54) is 0 Å². The van der Waals surface area contributed by atoms with Crippen LogP contribution in [0.1, 0.15) is 46.0 Å². The quantitative estimate of drug-likeness (QED) is 0.182. The molecule has 0 aliphatic carbocycles. The van der Waals surface area contributed by atoms with Crippen LogP contribution in [0.5, 0.6) is 0 Å². The molecule has 134 valence electrons. The number of quaternary nitrogens is 2. The third-order valence-corrected chi connectivity index (χ3v) is 3.59. The number of carbonyl (C=O) groups excluding carboxylic acids is 3. The van der Waals surface area contributed by atoms with Gasteiger partial charge < -0.3 is 26.1 Å². The van der Waals surface area contributed by atoms with Crippen molar-refractivity contribution >= 4 is 18.1 Å². The van der Waals surface area contributed by atoms with Crippen molar-refractivity contribution in [1.82, 2.24) is 10.6 Å². The number of amides is 2. The van der Waals surface area contributed by atoms with E-state index in [4.69, 9.17) is 0 Å². The lowest BCUT2D eigenvalue weighted by molar-refractivity contribution is -0.629. The van der Waals surface area contributed by atoms with E-state index in [-0.39, 0.29) is 23.9 Å². The molecule has 0 saturated heterocycles. The molecule has 0 bridgehead atoms. The second-order valence-corrected chi connectivity index (χ2v) is 5.99. The molecule has 2 amide bonds. The summed E-state index contributed by atoms with van der Waals surface area (Å²) in [7, 11) is 7.28. The van der Waals surface area contributed by atoms with Gasteiger partial charge in [0.1, 0.15) is 6.29 Å². The van der Waals surface area contributed by atoms with E-state index in [0.717, 1.165) is 19.1 Å². The Hall–Kier alpha value is -1.47. The molecule has 0 aromatic rings. The van der Waals surface area contributed by atoms with Crippen LogP contribution < -0.4 is 21.3 Å². The molecule has 0 radical (unpaired) electrons. The number of rotatable bonds is 13. The highest BCUT2D eigenvalue weighted by molar-refractivity contribution is 5.79. The molecule has 0 spiro atoms. The SMILES string of the molecule is [CH2-][NH2+][C@H](C)CC(=O)NCCCC[C@@H](C=O)NC(=O)C[C@@H](C)[NH2+][CH2-]. The van der Waals surface area contributed by atoms with Crippen molar-refractivity contribution in [3.63, 3.8) is 0 Å². The summed E-state index contributed by atoms with van der Waals surface area (Å²) in [5, 5.41) is 9.02. The van der Waals surface area contributed by atoms with Crippen LogP contribution in [0.2, 0.25) is 0 Å². The monoisotopic (exact) mass is 328 g/mol. The van der Waals surface area contributed by atoms with Crippen LogP contribution in [-0.4, -0.2) is 42.8 Å². The van der Waals surface area contributed by atoms with Gasteiger partial charge >= 0.3 is 0 Å². The minimum absolute atomic E-state index is 0.0102. The first-order valence-corrected chi connectivity index (χ1v) is 8.19. The van der Waals surface area contributed by atoms with E-state index in [1.807, 2.05) is 13.8 Å². The standard InChI is InChI=1S/C16H32N4O3/c1-12(17-3)9-15(22)19-8-6-5-7-14(11-21)20-16(23)10-13(2)18-4/h11-14H,3-10,17-18H2,1-2H3,(H,19,22)(H,20,23)/t12-,13-,14+/m1/s1. The van der Waals surface area contributed by atoms with E-state index in [0.29, 0.717) is 25.8 Å². The highest BCUT2D eigenvalue weighted by atomic mass is 16.2. The first-order valence-electron chi connectivity index (χ1n) is 8.19. The van der Waals surface area contributed by atoms with E-state index < -0.39 is 6.04 Å². The van der Waals surface area contributed by atoms with Crippen molar-refractivity contribution in [2.24, 2.45) is 0 Å². The highest BCUT2D eigenvalue weighted by Gasteiger charge is 2.14. The van der Waals surface area contributed by atoms with E-state index >= 15 is 0 Å². The smallest absolute Gasteiger partial charge is 0.226 e. The normalized spacial score (nSPS) is 14.6. The van der Waals surface area contributed by atoms with Gasteiger partial charge in [0.2, 0.25) is 11.8 Å². The summed E-state index contributed by atoms with van der Waals surface area (Å²) in [6, 6.07) is -0.200. The molecule has 0 heterocycles. The molecule has 3 atom stereocenters. The molecule has 0 unspecified atom stereocenters. The Balaban J connectivity index is 3.81. The van der Waals surface area contributed by atoms with Gasteiger partial charge in [-0.15, -0.1) is 0 Å². The number of nitrogens with two attached hydrogens (primary N) is 2. The fraction of sp³-hybridized carbons (Fsp3) is 0.688. The number of carbonyl (C=O) groups is 3. The summed E-state index contributed by atoms with van der Waals surface area (Å²) in [6.45, 7) is 4.42. The molecule has 6 N–H and O–H groups in total. The lowest BCUT2D eigenvalue weighted by atomic mass is 10.1. The molecule has 0 aliphatic heterocycles. The highest BCUT2D eigenvalue weighted by Crippen LogP contribution is 2.00. The molecule has 7 nitrogen and oxygen atoms in total. The molecule has 0 aromatic heterocycles. The summed E-state index contributed by atoms with van der Waals surface area (Å²) >= 11 is 0. The van der Waals surface area contributed by atoms with Crippen molar-refractivity contribution in [3.05, 3.63) is 14.1 Å². The van der Waals surface area contributed by atoms with Gasteiger partial charge in [-0.05, 0) is 33.1 Å². The van der Waals surface area contributed by atoms with Crippen LogP contribution in [-0.2, 0) is 14.4 Å². The second-order valence-electron chi connectivity index (χ2n) is 5.99. The van der Waals surface area contributed by atoms with Crippen molar-refractivity contribution < 1.29 is 25.0 Å². The van der Waals surface area contributed by atoms with Gasteiger partial charge in [0.05, 0.1) is 31.0 Å². The van der Waals surface area contributed by atoms with Gasteiger partial charge in [-0.1, -0.05) is 0 Å². The maximum Gasteiger partial charge on any atom is 0.226 e. The fourth-order valence-corrected chi connectivity index (χ4v) is 1.98. The van der Waals surface area contributed by atoms with Crippen LogP contribution >= 0.6 is 0 Å². The zero-order valence-electron chi connectivity index (χ0n) is 14.3. The predicted octanol–water partition coefficient (Wildman–Crippen LogP) is -1.78. The van der Waals surface area contributed by atoms with E-state index in [1.54, 1.807) is 10.6 Å². The average molecular weight is 328 g/mol. The van der Waals surface area contributed by atoms with Crippen LogP contribution in [0, 0.1) is 14.1 Å². The summed E-state index contributed by atoms with van der Waals surface area (Å²) in [5.41, 5.74) is 0. The zero-order valence-corrected chi connectivity index (χ0v) is 14.3. The van der Waals surface area contributed by atoms with Crippen molar-refractivity contribution in [3.8, 4) is 0 Å². The van der Waals surface area contributed by atoms with E-state index in [2.05, 4.69) is 24.7 Å². The third-order valence-electron chi connectivity index (χ3n) is 3.59. The topological polar surface area (TPSA) is 108 Å². The van der Waals surface area contributed by atoms with Gasteiger partial charge in [-0.2, -0.15) is 14.1 Å². The number of unbranched alkanes of at least 4 members (excludes halogenated alkanes) is 1. The lowest BCUT2D eigenvalue weighted by Gasteiger charge is -2.15. The molecule has 0 rings (SSSR count). The first-order chi connectivity index (χ1) is 10.9. The number of nitrogens with one attached hydrogen (secondary N) is 2. The molecular formula is C16H32N4O3. The Morgan fingerprint density at radius 3 is 2.13 bits per heavy atom. The first kappa shape index (κ1) is 21.5. The Kier molecular flexibility index (Phi) is 12.2. The fourth-order valence-electron chi connectivity index (χ4n) is 1.98. The number of hydrogen-bond acceptors (Lipinski definition) is 3. The summed E-state index contributed by atoms with van der Waals surface area (Å²) in [5.74, 6) is -0.128. The van der Waals surface area contributed by atoms with Gasteiger partial charge in [-0.25, -0.2) is 0 Å². The maximum absolute atomic E-state index is 11.7. The van der Waals surface area contributed by atoms with Crippen LogP contribution in [0.3, 0.4) is 0 Å². The number of aldehydes is 1. The van der Waals surface area contributed by atoms with Gasteiger partial charge in [0.15, 0.2) is 0 Å². The van der Waals surface area contributed by atoms with Crippen molar-refractivity contribution in [2.75, 3.05) is 6.54 Å². The van der Waals surface area contributed by atoms with Gasteiger partial charge in [-0.3, -0.25) is 9.59 Å². The largest absolute Gasteiger partial charge is 0.476 e. The molecule has 7 heteroatoms. The minimum Gasteiger partial charge on any atom is -0.476 e. The zero-order chi connectivity index (χ0) is 17.7. The average Bonchev–Trinajstić information content (AvgIpc) is 2.52. The molecule has 0 aliphatic rings. The van der Waals surface area contributed by atoms with Crippen LogP contribution in [0.25, 0.3) is 0 Å². The second kappa shape index (κ2) is 13.0. The molecule has 0 fully saturated rings. The third kappa shape index (κ3) is 11.7. The lowest BCUT2D eigenvalue weighted by Crippen LogP contribution is -2.83. The predicted molar refractivity (Wildman–Crippen MR) is 87.6 cm³/mol. The van der Waals surface area contributed by atoms with E-state index in [9.17, 15) is 14.4 Å². The van der Waals surface area contributed by atoms with Crippen molar-refractivity contribution in [1.29, 1.82) is 0 Å². The summed E-state index contributed by atoms with van der Waals surface area (Å²) < 4.78 is 0. The van der Waals surface area contributed by atoms with Gasteiger partial charge in [0, 0.05) is 6.54 Å². The minimum atomic E-state index is -0.462. The van der Waals surface area contributed by atoms with Crippen LogP contribution in [0.15, 0.2) is 0 Å². The Bertz CT molecular complexity index is 363. The summed E-state index contributed by atoms with van der Waals surface area (Å²) in [4.78, 5) is 34.3.